The van der Waals surface area contributed by atoms with Gasteiger partial charge in [-0.05, 0) is 13.8 Å². The smallest absolute Gasteiger partial charge is 0.185 e. The molecule has 0 amide bonds. The van der Waals surface area contributed by atoms with Crippen molar-refractivity contribution in [2.24, 2.45) is 7.05 Å². The van der Waals surface area contributed by atoms with Gasteiger partial charge in [-0.15, -0.1) is 11.3 Å². The van der Waals surface area contributed by atoms with E-state index in [-0.39, 0.29) is 0 Å². The van der Waals surface area contributed by atoms with Crippen molar-refractivity contribution in [3.63, 3.8) is 0 Å². The summed E-state index contributed by atoms with van der Waals surface area (Å²) in [5.74, 6) is 0.977. The number of hydrogen-bond donors (Lipinski definition) is 0. The zero-order valence-electron chi connectivity index (χ0n) is 13.5. The summed E-state index contributed by atoms with van der Waals surface area (Å²) in [6, 6.07) is 0.385. The molecule has 1 unspecified atom stereocenters. The molecule has 0 N–H and O–H groups in total. The lowest BCUT2D eigenvalue weighted by atomic mass is 10.2. The number of piperazine rings is 1. The zero-order chi connectivity index (χ0) is 16.0. The van der Waals surface area contributed by atoms with Gasteiger partial charge >= 0.3 is 0 Å². The molecule has 3 aromatic heterocycles. The average Bonchev–Trinajstić information content (AvgIpc) is 3.14. The predicted octanol–water partition coefficient (Wildman–Crippen LogP) is 1.84. The van der Waals surface area contributed by atoms with Crippen LogP contribution in [0.2, 0.25) is 0 Å². The molecule has 7 nitrogen and oxygen atoms in total. The number of aryl methyl sites for hydroxylation is 2. The minimum atomic E-state index is 0.385. The Morgan fingerprint density at radius 1 is 1.26 bits per heavy atom. The van der Waals surface area contributed by atoms with Crippen molar-refractivity contribution in [3.8, 4) is 0 Å². The summed E-state index contributed by atoms with van der Waals surface area (Å²) in [4.78, 5) is 18.2. The van der Waals surface area contributed by atoms with Gasteiger partial charge in [0.05, 0.1) is 17.3 Å². The van der Waals surface area contributed by atoms with Crippen molar-refractivity contribution in [3.05, 3.63) is 23.6 Å². The molecule has 0 spiro atoms. The van der Waals surface area contributed by atoms with Gasteiger partial charge in [0.25, 0.3) is 0 Å². The number of rotatable bonds is 2. The summed E-state index contributed by atoms with van der Waals surface area (Å²) < 4.78 is 1.79. The molecule has 23 heavy (non-hydrogen) atoms. The maximum atomic E-state index is 4.62. The first kappa shape index (κ1) is 14.4. The Morgan fingerprint density at radius 2 is 2.13 bits per heavy atom. The molecule has 0 saturated carbocycles. The van der Waals surface area contributed by atoms with Gasteiger partial charge in [0.15, 0.2) is 10.8 Å². The van der Waals surface area contributed by atoms with Gasteiger partial charge < -0.3 is 9.80 Å². The van der Waals surface area contributed by atoms with Gasteiger partial charge in [-0.1, -0.05) is 0 Å². The summed E-state index contributed by atoms with van der Waals surface area (Å²) in [5.41, 5.74) is 1.97. The molecule has 0 bridgehead atoms. The van der Waals surface area contributed by atoms with Crippen LogP contribution in [-0.2, 0) is 7.05 Å². The van der Waals surface area contributed by atoms with Crippen LogP contribution in [0.4, 0.5) is 10.9 Å². The monoisotopic (exact) mass is 329 g/mol. The fourth-order valence-electron chi connectivity index (χ4n) is 3.11. The lowest BCUT2D eigenvalue weighted by Crippen LogP contribution is -2.52. The van der Waals surface area contributed by atoms with Gasteiger partial charge in [0.1, 0.15) is 12.1 Å². The standard InChI is InChI=1S/C15H19N7S/c1-10-8-23-15(19-10)22-5-4-21(7-11(22)2)14-12-6-18-20(3)13(12)16-9-17-14/h6,8-9,11H,4-5,7H2,1-3H3. The Hall–Kier alpha value is -2.22. The molecule has 1 atom stereocenters. The second kappa shape index (κ2) is 5.45. The van der Waals surface area contributed by atoms with Crippen molar-refractivity contribution in [1.29, 1.82) is 0 Å². The molecule has 120 valence electrons. The Kier molecular flexibility index (Phi) is 3.41. The molecule has 1 aliphatic rings. The normalized spacial score (nSPS) is 18.8. The number of aromatic nitrogens is 5. The van der Waals surface area contributed by atoms with Crippen molar-refractivity contribution < 1.29 is 0 Å². The summed E-state index contributed by atoms with van der Waals surface area (Å²) in [7, 11) is 1.91. The molecule has 4 rings (SSSR count). The molecule has 1 fully saturated rings. The Bertz CT molecular complexity index is 839. The van der Waals surface area contributed by atoms with E-state index in [1.54, 1.807) is 22.3 Å². The molecular formula is C15H19N7S. The summed E-state index contributed by atoms with van der Waals surface area (Å²) in [6.07, 6.45) is 3.48. The van der Waals surface area contributed by atoms with Gasteiger partial charge in [-0.3, -0.25) is 4.68 Å². The second-order valence-corrected chi connectivity index (χ2v) is 6.80. The van der Waals surface area contributed by atoms with Gasteiger partial charge in [-0.2, -0.15) is 5.10 Å². The lowest BCUT2D eigenvalue weighted by Gasteiger charge is -2.40. The predicted molar refractivity (Wildman–Crippen MR) is 92.2 cm³/mol. The van der Waals surface area contributed by atoms with Crippen LogP contribution in [0.1, 0.15) is 12.6 Å². The maximum absolute atomic E-state index is 4.62. The second-order valence-electron chi connectivity index (χ2n) is 5.96. The quantitative estimate of drug-likeness (QED) is 0.715. The average molecular weight is 329 g/mol. The topological polar surface area (TPSA) is 63.0 Å². The third-order valence-electron chi connectivity index (χ3n) is 4.29. The molecule has 0 aliphatic carbocycles. The van der Waals surface area contributed by atoms with Gasteiger partial charge in [0, 0.05) is 38.1 Å². The first-order valence-electron chi connectivity index (χ1n) is 7.70. The van der Waals surface area contributed by atoms with E-state index in [1.807, 2.05) is 20.2 Å². The van der Waals surface area contributed by atoms with E-state index in [4.69, 9.17) is 0 Å². The van der Waals surface area contributed by atoms with Gasteiger partial charge in [0.2, 0.25) is 0 Å². The Labute approximate surface area is 138 Å². The van der Waals surface area contributed by atoms with E-state index < -0.39 is 0 Å². The van der Waals surface area contributed by atoms with E-state index in [0.29, 0.717) is 6.04 Å². The van der Waals surface area contributed by atoms with Crippen LogP contribution in [0.25, 0.3) is 11.0 Å². The maximum Gasteiger partial charge on any atom is 0.185 e. The van der Waals surface area contributed by atoms with E-state index in [2.05, 4.69) is 42.2 Å². The Morgan fingerprint density at radius 3 is 2.87 bits per heavy atom. The molecule has 1 saturated heterocycles. The van der Waals surface area contributed by atoms with Crippen LogP contribution < -0.4 is 9.80 Å². The number of fused-ring (bicyclic) bond motifs is 1. The van der Waals surface area contributed by atoms with Crippen LogP contribution in [0.3, 0.4) is 0 Å². The third-order valence-corrected chi connectivity index (χ3v) is 5.28. The Balaban J connectivity index is 1.60. The molecule has 8 heteroatoms. The summed E-state index contributed by atoms with van der Waals surface area (Å²) in [6.45, 7) is 7.06. The fourth-order valence-corrected chi connectivity index (χ4v) is 4.04. The highest BCUT2D eigenvalue weighted by atomic mass is 32.1. The molecule has 3 aromatic rings. The van der Waals surface area contributed by atoms with E-state index in [9.17, 15) is 0 Å². The highest BCUT2D eigenvalue weighted by Crippen LogP contribution is 2.28. The molecular weight excluding hydrogens is 310 g/mol. The SMILES string of the molecule is Cc1csc(N2CCN(c3ncnc4c3cnn4C)CC2C)n1. The number of nitrogens with zero attached hydrogens (tertiary/aromatic N) is 7. The zero-order valence-corrected chi connectivity index (χ0v) is 14.3. The van der Waals surface area contributed by atoms with Crippen molar-refractivity contribution in [1.82, 2.24) is 24.7 Å². The van der Waals surface area contributed by atoms with E-state index in [1.165, 1.54) is 0 Å². The van der Waals surface area contributed by atoms with Crippen molar-refractivity contribution >= 4 is 33.3 Å². The molecule has 0 aromatic carbocycles. The summed E-state index contributed by atoms with van der Waals surface area (Å²) in [5, 5.41) is 8.54. The number of anilines is 2. The highest BCUT2D eigenvalue weighted by Gasteiger charge is 2.27. The van der Waals surface area contributed by atoms with E-state index in [0.717, 1.165) is 47.3 Å². The van der Waals surface area contributed by atoms with Crippen LogP contribution >= 0.6 is 11.3 Å². The summed E-state index contributed by atoms with van der Waals surface area (Å²) >= 11 is 1.72. The minimum Gasteiger partial charge on any atom is -0.352 e. The molecule has 0 radical (unpaired) electrons. The molecule has 1 aliphatic heterocycles. The van der Waals surface area contributed by atoms with E-state index >= 15 is 0 Å². The van der Waals surface area contributed by atoms with Crippen molar-refractivity contribution in [2.75, 3.05) is 29.4 Å². The molecule has 4 heterocycles. The first-order valence-corrected chi connectivity index (χ1v) is 8.58. The van der Waals surface area contributed by atoms with Crippen molar-refractivity contribution in [2.45, 2.75) is 19.9 Å². The largest absolute Gasteiger partial charge is 0.352 e. The highest BCUT2D eigenvalue weighted by molar-refractivity contribution is 7.13. The van der Waals surface area contributed by atoms with Gasteiger partial charge in [-0.25, -0.2) is 15.0 Å². The minimum absolute atomic E-state index is 0.385. The van der Waals surface area contributed by atoms with Crippen LogP contribution in [0.15, 0.2) is 17.9 Å². The fraction of sp³-hybridized carbons (Fsp3) is 0.467. The lowest BCUT2D eigenvalue weighted by molar-refractivity contribution is 0.547. The van der Waals surface area contributed by atoms with Crippen LogP contribution in [0.5, 0.6) is 0 Å². The first-order chi connectivity index (χ1) is 11.1. The van der Waals surface area contributed by atoms with Crippen LogP contribution in [0, 0.1) is 6.92 Å². The third kappa shape index (κ3) is 2.42. The number of hydrogen-bond acceptors (Lipinski definition) is 7. The van der Waals surface area contributed by atoms with Crippen LogP contribution in [-0.4, -0.2) is 50.4 Å². The number of thiazole rings is 1.